The molecule has 0 heterocycles. The predicted molar refractivity (Wildman–Crippen MR) is 59.8 cm³/mol. The number of benzene rings is 1. The molecule has 6 nitrogen and oxygen atoms in total. The Morgan fingerprint density at radius 3 is 2.42 bits per heavy atom. The number of ether oxygens (including phenoxy) is 1. The first kappa shape index (κ1) is 14.6. The van der Waals surface area contributed by atoms with Crippen LogP contribution in [-0.4, -0.2) is 23.3 Å². The molecule has 0 saturated heterocycles. The summed E-state index contributed by atoms with van der Waals surface area (Å²) >= 11 is 0. The number of hydrogen-bond donors (Lipinski definition) is 3. The van der Waals surface area contributed by atoms with E-state index in [1.165, 1.54) is 12.1 Å². The maximum atomic E-state index is 11.9. The van der Waals surface area contributed by atoms with Crippen LogP contribution in [-0.2, 0) is 4.79 Å². The number of carbonyl (C=O) groups excluding carboxylic acids is 1. The van der Waals surface area contributed by atoms with Crippen LogP contribution in [0.3, 0.4) is 0 Å². The van der Waals surface area contributed by atoms with Crippen LogP contribution in [0.25, 0.3) is 0 Å². The van der Waals surface area contributed by atoms with Crippen LogP contribution < -0.4 is 15.8 Å². The van der Waals surface area contributed by atoms with Gasteiger partial charge in [0.25, 0.3) is 0 Å². The lowest BCUT2D eigenvalue weighted by Crippen LogP contribution is -2.22. The van der Waals surface area contributed by atoms with E-state index >= 15 is 0 Å². The third kappa shape index (κ3) is 5.61. The molecular weight excluding hydrogens is 267 g/mol. The number of oxime groups is 1. The number of nitrogens with zero attached hydrogens (tertiary/aromatic N) is 1. The first-order chi connectivity index (χ1) is 8.80. The smallest absolute Gasteiger partial charge is 0.409 e. The largest absolute Gasteiger partial charge is 0.573 e. The molecule has 1 aromatic rings. The SMILES string of the molecule is N/C(CC(=O)Nc1ccc(OC(F)(F)F)cc1)=N\O. The third-order valence-corrected chi connectivity index (χ3v) is 1.84. The summed E-state index contributed by atoms with van der Waals surface area (Å²) in [6.45, 7) is 0. The molecule has 0 spiro atoms. The molecule has 0 aliphatic heterocycles. The minimum absolute atomic E-state index is 0.255. The Morgan fingerprint density at radius 2 is 1.95 bits per heavy atom. The van der Waals surface area contributed by atoms with Crippen molar-refractivity contribution in [2.75, 3.05) is 5.32 Å². The molecule has 0 aromatic heterocycles. The fourth-order valence-corrected chi connectivity index (χ4v) is 1.14. The maximum absolute atomic E-state index is 11.9. The summed E-state index contributed by atoms with van der Waals surface area (Å²) in [6, 6.07) is 4.55. The molecule has 1 rings (SSSR count). The van der Waals surface area contributed by atoms with Gasteiger partial charge in [-0.2, -0.15) is 0 Å². The molecule has 0 radical (unpaired) electrons. The predicted octanol–water partition coefficient (Wildman–Crippen LogP) is 1.66. The van der Waals surface area contributed by atoms with E-state index in [9.17, 15) is 18.0 Å². The lowest BCUT2D eigenvalue weighted by molar-refractivity contribution is -0.274. The highest BCUT2D eigenvalue weighted by Gasteiger charge is 2.30. The van der Waals surface area contributed by atoms with E-state index in [2.05, 4.69) is 15.2 Å². The number of rotatable bonds is 4. The summed E-state index contributed by atoms with van der Waals surface area (Å²) in [5.41, 5.74) is 5.37. The number of amides is 1. The molecule has 19 heavy (non-hydrogen) atoms. The molecule has 0 aliphatic rings. The normalized spacial score (nSPS) is 12.1. The van der Waals surface area contributed by atoms with Crippen molar-refractivity contribution in [2.24, 2.45) is 10.9 Å². The van der Waals surface area contributed by atoms with Crippen molar-refractivity contribution in [1.29, 1.82) is 0 Å². The van der Waals surface area contributed by atoms with Gasteiger partial charge in [-0.25, -0.2) is 0 Å². The van der Waals surface area contributed by atoms with Crippen molar-refractivity contribution >= 4 is 17.4 Å². The zero-order chi connectivity index (χ0) is 14.5. The highest BCUT2D eigenvalue weighted by Crippen LogP contribution is 2.23. The van der Waals surface area contributed by atoms with Gasteiger partial charge in [0.2, 0.25) is 5.91 Å². The molecule has 4 N–H and O–H groups in total. The van der Waals surface area contributed by atoms with Gasteiger partial charge in [0.05, 0.1) is 6.42 Å². The molecule has 0 bridgehead atoms. The van der Waals surface area contributed by atoms with Crippen molar-refractivity contribution in [3.8, 4) is 5.75 Å². The lowest BCUT2D eigenvalue weighted by Gasteiger charge is -2.09. The van der Waals surface area contributed by atoms with Gasteiger partial charge in [0, 0.05) is 5.69 Å². The van der Waals surface area contributed by atoms with Crippen molar-refractivity contribution in [3.05, 3.63) is 24.3 Å². The van der Waals surface area contributed by atoms with Gasteiger partial charge in [0.15, 0.2) is 0 Å². The second-order valence-corrected chi connectivity index (χ2v) is 3.39. The molecule has 0 unspecified atom stereocenters. The lowest BCUT2D eigenvalue weighted by atomic mass is 10.3. The molecule has 104 valence electrons. The van der Waals surface area contributed by atoms with E-state index in [1.807, 2.05) is 0 Å². The Kier molecular flexibility index (Phi) is 4.56. The standard InChI is InChI=1S/C10H10F3N3O3/c11-10(12,13)19-7-3-1-6(2-4-7)15-9(17)5-8(14)16-18/h1-4,18H,5H2,(H2,14,16)(H,15,17). The number of amidine groups is 1. The van der Waals surface area contributed by atoms with E-state index in [-0.39, 0.29) is 17.9 Å². The Bertz CT molecular complexity index is 471. The van der Waals surface area contributed by atoms with Crippen LogP contribution >= 0.6 is 0 Å². The van der Waals surface area contributed by atoms with Gasteiger partial charge < -0.3 is 21.0 Å². The van der Waals surface area contributed by atoms with Gasteiger partial charge in [-0.1, -0.05) is 5.16 Å². The van der Waals surface area contributed by atoms with Gasteiger partial charge in [-0.15, -0.1) is 13.2 Å². The molecule has 0 fully saturated rings. The minimum atomic E-state index is -4.77. The van der Waals surface area contributed by atoms with Crippen molar-refractivity contribution in [2.45, 2.75) is 12.8 Å². The fourth-order valence-electron chi connectivity index (χ4n) is 1.14. The van der Waals surface area contributed by atoms with Gasteiger partial charge in [0.1, 0.15) is 11.6 Å². The second kappa shape index (κ2) is 5.94. The zero-order valence-electron chi connectivity index (χ0n) is 9.44. The summed E-state index contributed by atoms with van der Waals surface area (Å²) in [6.07, 6.45) is -5.10. The molecule has 9 heteroatoms. The molecule has 0 saturated carbocycles. The van der Waals surface area contributed by atoms with Crippen LogP contribution in [0.15, 0.2) is 29.4 Å². The summed E-state index contributed by atoms with van der Waals surface area (Å²) in [5, 5.41) is 13.2. The van der Waals surface area contributed by atoms with Gasteiger partial charge in [-0.3, -0.25) is 4.79 Å². The molecule has 1 amide bonds. The zero-order valence-corrected chi connectivity index (χ0v) is 9.44. The molecule has 0 aliphatic carbocycles. The van der Waals surface area contributed by atoms with E-state index < -0.39 is 18.0 Å². The summed E-state index contributed by atoms with van der Waals surface area (Å²) < 4.78 is 39.3. The van der Waals surface area contributed by atoms with Crippen LogP contribution in [0.5, 0.6) is 5.75 Å². The fraction of sp³-hybridized carbons (Fsp3) is 0.200. The summed E-state index contributed by atoms with van der Waals surface area (Å²) in [5.74, 6) is -1.25. The first-order valence-corrected chi connectivity index (χ1v) is 4.92. The monoisotopic (exact) mass is 277 g/mol. The Labute approximate surface area is 105 Å². The topological polar surface area (TPSA) is 96.9 Å². The van der Waals surface area contributed by atoms with E-state index in [4.69, 9.17) is 10.9 Å². The average molecular weight is 277 g/mol. The highest BCUT2D eigenvalue weighted by molar-refractivity contribution is 6.04. The van der Waals surface area contributed by atoms with Crippen molar-refractivity contribution in [3.63, 3.8) is 0 Å². The van der Waals surface area contributed by atoms with Gasteiger partial charge >= 0.3 is 6.36 Å². The van der Waals surface area contributed by atoms with Crippen LogP contribution in [0.4, 0.5) is 18.9 Å². The second-order valence-electron chi connectivity index (χ2n) is 3.39. The number of hydrogen-bond acceptors (Lipinski definition) is 4. The first-order valence-electron chi connectivity index (χ1n) is 4.92. The Hall–Kier alpha value is -2.45. The van der Waals surface area contributed by atoms with E-state index in [1.54, 1.807) is 0 Å². The van der Waals surface area contributed by atoms with Crippen LogP contribution in [0.1, 0.15) is 6.42 Å². The van der Waals surface area contributed by atoms with E-state index in [0.717, 1.165) is 12.1 Å². The van der Waals surface area contributed by atoms with Crippen LogP contribution in [0, 0.1) is 0 Å². The summed E-state index contributed by atoms with van der Waals surface area (Å²) in [4.78, 5) is 11.3. The maximum Gasteiger partial charge on any atom is 0.573 e. The van der Waals surface area contributed by atoms with Crippen molar-refractivity contribution in [1.82, 2.24) is 0 Å². The number of nitrogens with one attached hydrogen (secondary N) is 1. The van der Waals surface area contributed by atoms with Crippen LogP contribution in [0.2, 0.25) is 0 Å². The number of alkyl halides is 3. The number of anilines is 1. The van der Waals surface area contributed by atoms with Gasteiger partial charge in [-0.05, 0) is 24.3 Å². The quantitative estimate of drug-likeness (QED) is 0.337. The minimum Gasteiger partial charge on any atom is -0.409 e. The number of carbonyl (C=O) groups is 1. The van der Waals surface area contributed by atoms with E-state index in [0.29, 0.717) is 0 Å². The molecule has 0 atom stereocenters. The van der Waals surface area contributed by atoms with Crippen molar-refractivity contribution < 1.29 is 27.9 Å². The number of nitrogens with two attached hydrogens (primary N) is 1. The molecular formula is C10H10F3N3O3. The third-order valence-electron chi connectivity index (χ3n) is 1.84. The number of halogens is 3. The Morgan fingerprint density at radius 1 is 1.37 bits per heavy atom. The Balaban J connectivity index is 2.60. The average Bonchev–Trinajstić information content (AvgIpc) is 2.29. The highest BCUT2D eigenvalue weighted by atomic mass is 19.4. The molecule has 1 aromatic carbocycles. The summed E-state index contributed by atoms with van der Waals surface area (Å²) in [7, 11) is 0.